The molecule has 0 fully saturated rings. The van der Waals surface area contributed by atoms with Crippen LogP contribution >= 0.6 is 0 Å². The largest absolute Gasteiger partial charge is 0.459 e. The number of ether oxygens (including phenoxy) is 1. The second kappa shape index (κ2) is 9.65. The lowest BCUT2D eigenvalue weighted by Crippen LogP contribution is -2.34. The quantitative estimate of drug-likeness (QED) is 0.278. The number of furan rings is 1. The van der Waals surface area contributed by atoms with E-state index in [9.17, 15) is 14.4 Å². The SMILES string of the molecule is O=C(CNC(=O)c1ccco1)N/N=C/c1ccc(OC(=O)c2ccccc2)cc1. The molecule has 146 valence electrons. The molecule has 0 radical (unpaired) electrons. The van der Waals surface area contributed by atoms with Crippen molar-refractivity contribution < 1.29 is 23.5 Å². The highest BCUT2D eigenvalue weighted by atomic mass is 16.5. The fraction of sp³-hybridized carbons (Fsp3) is 0.0476. The summed E-state index contributed by atoms with van der Waals surface area (Å²) in [7, 11) is 0. The zero-order valence-electron chi connectivity index (χ0n) is 15.2. The zero-order chi connectivity index (χ0) is 20.5. The van der Waals surface area contributed by atoms with Crippen LogP contribution in [-0.4, -0.2) is 30.5 Å². The highest BCUT2D eigenvalue weighted by molar-refractivity contribution is 5.94. The van der Waals surface area contributed by atoms with Gasteiger partial charge in [0.05, 0.1) is 24.6 Å². The van der Waals surface area contributed by atoms with Gasteiger partial charge in [0.1, 0.15) is 5.75 Å². The Morgan fingerprint density at radius 3 is 2.41 bits per heavy atom. The minimum atomic E-state index is -0.491. The number of rotatable bonds is 7. The van der Waals surface area contributed by atoms with Crippen molar-refractivity contribution in [1.82, 2.24) is 10.7 Å². The molecule has 0 aliphatic rings. The minimum absolute atomic E-state index is 0.120. The highest BCUT2D eigenvalue weighted by Gasteiger charge is 2.10. The van der Waals surface area contributed by atoms with Crippen molar-refractivity contribution >= 4 is 24.0 Å². The molecule has 2 aromatic carbocycles. The fourth-order valence-electron chi connectivity index (χ4n) is 2.24. The van der Waals surface area contributed by atoms with Crippen LogP contribution in [0, 0.1) is 0 Å². The predicted octanol–water partition coefficient (Wildman–Crippen LogP) is 2.38. The van der Waals surface area contributed by atoms with Crippen LogP contribution in [0.4, 0.5) is 0 Å². The van der Waals surface area contributed by atoms with Crippen molar-refractivity contribution in [1.29, 1.82) is 0 Å². The summed E-state index contributed by atoms with van der Waals surface area (Å²) in [4.78, 5) is 35.3. The number of carbonyl (C=O) groups excluding carboxylic acids is 3. The van der Waals surface area contributed by atoms with Gasteiger partial charge in [-0.2, -0.15) is 5.10 Å². The van der Waals surface area contributed by atoms with Gasteiger partial charge in [-0.25, -0.2) is 10.2 Å². The van der Waals surface area contributed by atoms with Crippen molar-refractivity contribution in [2.75, 3.05) is 6.54 Å². The lowest BCUT2D eigenvalue weighted by molar-refractivity contribution is -0.120. The average Bonchev–Trinajstić information content (AvgIpc) is 3.29. The molecule has 0 unspecified atom stereocenters. The molecule has 0 atom stereocenters. The summed E-state index contributed by atoms with van der Waals surface area (Å²) >= 11 is 0. The third-order valence-electron chi connectivity index (χ3n) is 3.66. The molecule has 0 bridgehead atoms. The number of hydrazone groups is 1. The van der Waals surface area contributed by atoms with Gasteiger partial charge >= 0.3 is 5.97 Å². The smallest absolute Gasteiger partial charge is 0.343 e. The summed E-state index contributed by atoms with van der Waals surface area (Å²) in [5, 5.41) is 6.22. The van der Waals surface area contributed by atoms with Crippen molar-refractivity contribution in [3.63, 3.8) is 0 Å². The molecular formula is C21H17N3O5. The van der Waals surface area contributed by atoms with Gasteiger partial charge in [-0.15, -0.1) is 0 Å². The molecule has 8 heteroatoms. The standard InChI is InChI=1S/C21H17N3O5/c25-19(14-22-20(26)18-7-4-12-28-18)24-23-13-15-8-10-17(11-9-15)29-21(27)16-5-2-1-3-6-16/h1-13H,14H2,(H,22,26)(H,24,25)/b23-13+. The van der Waals surface area contributed by atoms with Crippen molar-refractivity contribution in [3.05, 3.63) is 89.9 Å². The van der Waals surface area contributed by atoms with Gasteiger partial charge in [0.25, 0.3) is 11.8 Å². The second-order valence-corrected chi connectivity index (χ2v) is 5.78. The molecule has 0 saturated carbocycles. The number of hydrogen-bond donors (Lipinski definition) is 2. The molecule has 0 aliphatic carbocycles. The first-order valence-electron chi connectivity index (χ1n) is 8.63. The summed E-state index contributed by atoms with van der Waals surface area (Å²) in [6.45, 7) is -0.245. The molecule has 8 nitrogen and oxygen atoms in total. The van der Waals surface area contributed by atoms with Crippen molar-refractivity contribution in [2.24, 2.45) is 5.10 Å². The van der Waals surface area contributed by atoms with Gasteiger partial charge in [-0.05, 0) is 54.1 Å². The van der Waals surface area contributed by atoms with E-state index in [4.69, 9.17) is 9.15 Å². The van der Waals surface area contributed by atoms with Crippen molar-refractivity contribution in [3.8, 4) is 5.75 Å². The topological polar surface area (TPSA) is 110 Å². The van der Waals surface area contributed by atoms with Crippen LogP contribution in [0.2, 0.25) is 0 Å². The lowest BCUT2D eigenvalue weighted by atomic mass is 10.2. The second-order valence-electron chi connectivity index (χ2n) is 5.78. The monoisotopic (exact) mass is 391 g/mol. The van der Waals surface area contributed by atoms with Crippen LogP contribution in [0.5, 0.6) is 5.75 Å². The molecule has 0 saturated heterocycles. The Hall–Kier alpha value is -4.20. The normalized spacial score (nSPS) is 10.5. The first-order valence-corrected chi connectivity index (χ1v) is 8.63. The van der Waals surface area contributed by atoms with E-state index in [1.165, 1.54) is 18.5 Å². The number of esters is 1. The number of carbonyl (C=O) groups is 3. The lowest BCUT2D eigenvalue weighted by Gasteiger charge is -2.04. The Kier molecular flexibility index (Phi) is 6.51. The molecule has 0 aliphatic heterocycles. The Morgan fingerprint density at radius 2 is 1.72 bits per heavy atom. The van der Waals surface area contributed by atoms with E-state index in [1.54, 1.807) is 54.6 Å². The minimum Gasteiger partial charge on any atom is -0.459 e. The van der Waals surface area contributed by atoms with E-state index >= 15 is 0 Å². The third-order valence-corrected chi connectivity index (χ3v) is 3.66. The molecular weight excluding hydrogens is 374 g/mol. The van der Waals surface area contributed by atoms with Gasteiger partial charge in [0, 0.05) is 0 Å². The molecule has 2 N–H and O–H groups in total. The zero-order valence-corrected chi connectivity index (χ0v) is 15.2. The molecule has 0 spiro atoms. The number of benzene rings is 2. The van der Waals surface area contributed by atoms with E-state index in [0.717, 1.165) is 0 Å². The average molecular weight is 391 g/mol. The number of nitrogens with one attached hydrogen (secondary N) is 2. The predicted molar refractivity (Wildman–Crippen MR) is 105 cm³/mol. The first-order chi connectivity index (χ1) is 14.1. The third kappa shape index (κ3) is 5.90. The van der Waals surface area contributed by atoms with Crippen LogP contribution in [0.15, 0.2) is 82.5 Å². The van der Waals surface area contributed by atoms with Crippen LogP contribution < -0.4 is 15.5 Å². The molecule has 2 amide bonds. The fourth-order valence-corrected chi connectivity index (χ4v) is 2.24. The van der Waals surface area contributed by atoms with E-state index in [0.29, 0.717) is 16.9 Å². The van der Waals surface area contributed by atoms with Gasteiger partial charge in [-0.3, -0.25) is 9.59 Å². The number of hydrogen-bond acceptors (Lipinski definition) is 6. The Morgan fingerprint density at radius 1 is 0.966 bits per heavy atom. The van der Waals surface area contributed by atoms with Crippen LogP contribution in [0.3, 0.4) is 0 Å². The Balaban J connectivity index is 1.44. The van der Waals surface area contributed by atoms with Crippen LogP contribution in [-0.2, 0) is 4.79 Å². The van der Waals surface area contributed by atoms with Gasteiger partial charge in [-0.1, -0.05) is 18.2 Å². The molecule has 1 heterocycles. The number of nitrogens with zero attached hydrogens (tertiary/aromatic N) is 1. The van der Waals surface area contributed by atoms with E-state index in [2.05, 4.69) is 15.8 Å². The maximum absolute atomic E-state index is 12.0. The molecule has 3 rings (SSSR count). The van der Waals surface area contributed by atoms with Crippen LogP contribution in [0.25, 0.3) is 0 Å². The molecule has 1 aromatic heterocycles. The van der Waals surface area contributed by atoms with Gasteiger partial charge < -0.3 is 14.5 Å². The summed E-state index contributed by atoms with van der Waals surface area (Å²) in [5.41, 5.74) is 3.44. The summed E-state index contributed by atoms with van der Waals surface area (Å²) in [5.74, 6) is -0.921. The number of amides is 2. The van der Waals surface area contributed by atoms with Crippen molar-refractivity contribution in [2.45, 2.75) is 0 Å². The van der Waals surface area contributed by atoms with E-state index in [1.807, 2.05) is 6.07 Å². The molecule has 29 heavy (non-hydrogen) atoms. The molecule has 3 aromatic rings. The Bertz CT molecular complexity index is 997. The maximum Gasteiger partial charge on any atom is 0.343 e. The van der Waals surface area contributed by atoms with Crippen LogP contribution in [0.1, 0.15) is 26.5 Å². The van der Waals surface area contributed by atoms with E-state index in [-0.39, 0.29) is 12.3 Å². The summed E-state index contributed by atoms with van der Waals surface area (Å²) in [6.07, 6.45) is 2.79. The first kappa shape index (κ1) is 19.6. The maximum atomic E-state index is 12.0. The van der Waals surface area contributed by atoms with E-state index < -0.39 is 17.8 Å². The van der Waals surface area contributed by atoms with Gasteiger partial charge in [0.2, 0.25) is 0 Å². The van der Waals surface area contributed by atoms with Gasteiger partial charge in [0.15, 0.2) is 5.76 Å². The summed E-state index contributed by atoms with van der Waals surface area (Å²) in [6, 6.07) is 18.3. The highest BCUT2D eigenvalue weighted by Crippen LogP contribution is 2.13. The Labute approximate surface area is 166 Å². The summed E-state index contributed by atoms with van der Waals surface area (Å²) < 4.78 is 10.2.